The molecule has 0 N–H and O–H groups in total. The van der Waals surface area contributed by atoms with Crippen LogP contribution in [-0.4, -0.2) is 21.1 Å². The highest BCUT2D eigenvalue weighted by molar-refractivity contribution is 7.92. The summed E-state index contributed by atoms with van der Waals surface area (Å²) in [5.74, 6) is 0.566. The first-order valence-corrected chi connectivity index (χ1v) is 9.01. The number of pyridine rings is 1. The van der Waals surface area contributed by atoms with Crippen molar-refractivity contribution in [1.82, 2.24) is 13.9 Å². The first-order valence-electron chi connectivity index (χ1n) is 6.70. The average Bonchev–Trinajstić information content (AvgIpc) is 3.18. The highest BCUT2D eigenvalue weighted by Crippen LogP contribution is 2.46. The van der Waals surface area contributed by atoms with E-state index in [0.29, 0.717) is 27.1 Å². The van der Waals surface area contributed by atoms with Gasteiger partial charge in [-0.25, -0.2) is 13.9 Å². The Morgan fingerprint density at radius 3 is 2.92 bits per heavy atom. The monoisotopic (exact) mass is 399 g/mol. The zero-order valence-corrected chi connectivity index (χ0v) is 15.2. The van der Waals surface area contributed by atoms with Crippen LogP contribution < -0.4 is 4.74 Å². The largest absolute Gasteiger partial charge is 0.496 e. The van der Waals surface area contributed by atoms with Gasteiger partial charge in [0.05, 0.1) is 27.9 Å². The standard InChI is InChI=1S/C15H8Cl2FN3OS2/c1-22-10-4-9-14(23-6-19-9)13(17)12(10)8-5-21(24-18)15-7(8)2-3-11(16)20-15/h2-6H,1H3. The van der Waals surface area contributed by atoms with E-state index in [-0.39, 0.29) is 12.3 Å². The second-order valence-corrected chi connectivity index (χ2v) is 7.06. The van der Waals surface area contributed by atoms with E-state index >= 15 is 0 Å². The molecule has 24 heavy (non-hydrogen) atoms. The molecule has 4 rings (SSSR count). The molecule has 0 aliphatic carbocycles. The lowest BCUT2D eigenvalue weighted by molar-refractivity contribution is 0.417. The van der Waals surface area contributed by atoms with E-state index in [9.17, 15) is 3.89 Å². The van der Waals surface area contributed by atoms with Gasteiger partial charge in [-0.3, -0.25) is 0 Å². The average molecular weight is 400 g/mol. The zero-order valence-electron chi connectivity index (χ0n) is 12.1. The van der Waals surface area contributed by atoms with Crippen molar-refractivity contribution in [3.63, 3.8) is 0 Å². The maximum absolute atomic E-state index is 13.3. The minimum Gasteiger partial charge on any atom is -0.496 e. The molecule has 0 aliphatic rings. The van der Waals surface area contributed by atoms with Crippen LogP contribution in [0.3, 0.4) is 0 Å². The highest BCUT2D eigenvalue weighted by atomic mass is 35.5. The fraction of sp³-hybridized carbons (Fsp3) is 0.0667. The van der Waals surface area contributed by atoms with Crippen LogP contribution in [0.15, 0.2) is 29.9 Å². The number of nitrogens with zero attached hydrogens (tertiary/aromatic N) is 3. The molecule has 0 aliphatic heterocycles. The number of fused-ring (bicyclic) bond motifs is 2. The maximum Gasteiger partial charge on any atom is 0.171 e. The first kappa shape index (κ1) is 16.0. The predicted octanol–water partition coefficient (Wildman–Crippen LogP) is 6.01. The number of aromatic nitrogens is 3. The lowest BCUT2D eigenvalue weighted by Gasteiger charge is -2.10. The number of benzene rings is 1. The van der Waals surface area contributed by atoms with Gasteiger partial charge in [0.25, 0.3) is 0 Å². The molecule has 4 nitrogen and oxygen atoms in total. The van der Waals surface area contributed by atoms with Crippen LogP contribution in [0.1, 0.15) is 0 Å². The molecule has 0 saturated carbocycles. The van der Waals surface area contributed by atoms with E-state index in [0.717, 1.165) is 21.2 Å². The van der Waals surface area contributed by atoms with E-state index in [1.165, 1.54) is 15.3 Å². The molecule has 0 radical (unpaired) electrons. The van der Waals surface area contributed by atoms with Crippen molar-refractivity contribution in [2.75, 3.05) is 7.11 Å². The molecule has 122 valence electrons. The van der Waals surface area contributed by atoms with Crippen molar-refractivity contribution < 1.29 is 8.62 Å². The van der Waals surface area contributed by atoms with Gasteiger partial charge in [-0.2, -0.15) is 0 Å². The second-order valence-electron chi connectivity index (χ2n) is 4.91. The predicted molar refractivity (Wildman–Crippen MR) is 99.0 cm³/mol. The molecule has 0 saturated heterocycles. The topological polar surface area (TPSA) is 39.9 Å². The Bertz CT molecular complexity index is 1080. The van der Waals surface area contributed by atoms with Gasteiger partial charge < -0.3 is 4.74 Å². The summed E-state index contributed by atoms with van der Waals surface area (Å²) in [7, 11) is 1.56. The maximum atomic E-state index is 13.3. The molecular formula is C15H8Cl2FN3OS2. The van der Waals surface area contributed by atoms with Crippen LogP contribution in [0.2, 0.25) is 10.2 Å². The lowest BCUT2D eigenvalue weighted by Crippen LogP contribution is -1.89. The summed E-state index contributed by atoms with van der Waals surface area (Å²) >= 11 is 14.1. The van der Waals surface area contributed by atoms with Crippen LogP contribution in [0.25, 0.3) is 32.4 Å². The molecule has 3 heterocycles. The molecule has 4 aromatic rings. The van der Waals surface area contributed by atoms with Gasteiger partial charge in [0.1, 0.15) is 10.9 Å². The Morgan fingerprint density at radius 1 is 1.33 bits per heavy atom. The highest BCUT2D eigenvalue weighted by Gasteiger charge is 2.21. The molecule has 0 unspecified atom stereocenters. The molecule has 9 heteroatoms. The third-order valence-electron chi connectivity index (χ3n) is 3.68. The van der Waals surface area contributed by atoms with Gasteiger partial charge in [0, 0.05) is 28.8 Å². The summed E-state index contributed by atoms with van der Waals surface area (Å²) in [5.41, 5.74) is 4.30. The molecule has 0 atom stereocenters. The molecule has 0 spiro atoms. The summed E-state index contributed by atoms with van der Waals surface area (Å²) < 4.78 is 21.0. The third kappa shape index (κ3) is 2.35. The summed E-state index contributed by atoms with van der Waals surface area (Å²) in [5, 5.41) is 1.54. The Kier molecular flexibility index (Phi) is 4.04. The fourth-order valence-corrected chi connectivity index (χ4v) is 4.28. The van der Waals surface area contributed by atoms with Crippen molar-refractivity contribution in [2.24, 2.45) is 0 Å². The first-order chi connectivity index (χ1) is 11.6. The van der Waals surface area contributed by atoms with Crippen molar-refractivity contribution >= 4 is 68.1 Å². The van der Waals surface area contributed by atoms with E-state index in [2.05, 4.69) is 9.97 Å². The Hall–Kier alpha value is -1.54. The molecular weight excluding hydrogens is 392 g/mol. The van der Waals surface area contributed by atoms with Crippen molar-refractivity contribution in [2.45, 2.75) is 0 Å². The van der Waals surface area contributed by atoms with E-state index < -0.39 is 0 Å². The third-order valence-corrected chi connectivity index (χ3v) is 5.67. The number of thiazole rings is 1. The van der Waals surface area contributed by atoms with Crippen molar-refractivity contribution in [1.29, 1.82) is 0 Å². The minimum absolute atomic E-state index is 0.0490. The van der Waals surface area contributed by atoms with Gasteiger partial charge >= 0.3 is 0 Å². The van der Waals surface area contributed by atoms with Gasteiger partial charge in [0.2, 0.25) is 0 Å². The zero-order chi connectivity index (χ0) is 16.8. The number of halogens is 3. The Morgan fingerprint density at radius 2 is 2.17 bits per heavy atom. The number of rotatable bonds is 3. The molecule has 0 bridgehead atoms. The van der Waals surface area contributed by atoms with Crippen LogP contribution in [-0.2, 0) is 0 Å². The smallest absolute Gasteiger partial charge is 0.171 e. The van der Waals surface area contributed by atoms with Gasteiger partial charge in [-0.1, -0.05) is 23.2 Å². The quantitative estimate of drug-likeness (QED) is 0.395. The summed E-state index contributed by atoms with van der Waals surface area (Å²) in [6.07, 6.45) is 1.63. The number of hydrogen-bond acceptors (Lipinski definition) is 5. The van der Waals surface area contributed by atoms with Gasteiger partial charge in [-0.05, 0) is 12.1 Å². The minimum atomic E-state index is 0.0490. The SMILES string of the molecule is COc1cc2ncsc2c(Cl)c1-c1cn(SF)c2nc(Cl)ccc12. The van der Waals surface area contributed by atoms with Gasteiger partial charge in [-0.15, -0.1) is 15.2 Å². The van der Waals surface area contributed by atoms with E-state index in [4.69, 9.17) is 27.9 Å². The van der Waals surface area contributed by atoms with Crippen LogP contribution in [0, 0.1) is 0 Å². The van der Waals surface area contributed by atoms with Crippen molar-refractivity contribution in [3.05, 3.63) is 40.1 Å². The summed E-state index contributed by atoms with van der Waals surface area (Å²) in [6.45, 7) is 0. The Labute approximate surface area is 154 Å². The normalized spacial score (nSPS) is 11.5. The molecule has 3 aromatic heterocycles. The summed E-state index contributed by atoms with van der Waals surface area (Å²) in [6, 6.07) is 5.27. The van der Waals surface area contributed by atoms with E-state index in [1.54, 1.807) is 30.9 Å². The van der Waals surface area contributed by atoms with Crippen LogP contribution in [0.5, 0.6) is 5.75 Å². The number of methoxy groups -OCH3 is 1. The Balaban J connectivity index is 2.11. The van der Waals surface area contributed by atoms with Crippen LogP contribution >= 0.6 is 46.9 Å². The van der Waals surface area contributed by atoms with Crippen molar-refractivity contribution in [3.8, 4) is 16.9 Å². The molecule has 1 aromatic carbocycles. The lowest BCUT2D eigenvalue weighted by atomic mass is 10.0. The number of hydrogen-bond donors (Lipinski definition) is 0. The summed E-state index contributed by atoms with van der Waals surface area (Å²) in [4.78, 5) is 8.48. The molecule has 0 fully saturated rings. The van der Waals surface area contributed by atoms with Crippen LogP contribution in [0.4, 0.5) is 3.89 Å². The number of ether oxygens (including phenoxy) is 1. The fourth-order valence-electron chi connectivity index (χ4n) is 2.66. The molecule has 0 amide bonds. The van der Waals surface area contributed by atoms with Gasteiger partial charge in [0.15, 0.2) is 18.0 Å². The van der Waals surface area contributed by atoms with E-state index in [1.807, 2.05) is 6.07 Å². The second kappa shape index (κ2) is 6.07.